The third-order valence-corrected chi connectivity index (χ3v) is 5.48. The minimum absolute atomic E-state index is 0.107. The van der Waals surface area contributed by atoms with Crippen LogP contribution in [0.4, 0.5) is 4.79 Å². The first kappa shape index (κ1) is 14.8. The van der Waals surface area contributed by atoms with Gasteiger partial charge in [-0.3, -0.25) is 10.1 Å². The van der Waals surface area contributed by atoms with Crippen LogP contribution in [0, 0.1) is 9.49 Å². The molecule has 3 rings (SSSR count). The fraction of sp³-hybridized carbons (Fsp3) is 0.500. The minimum Gasteiger partial charge on any atom is -0.305 e. The molecule has 2 aliphatic rings. The van der Waals surface area contributed by atoms with Gasteiger partial charge in [0.15, 0.2) is 0 Å². The van der Waals surface area contributed by atoms with E-state index in [-0.39, 0.29) is 11.9 Å². The number of rotatable bonds is 2. The number of carbonyl (C=O) groups excluding carboxylic acids is 2. The molecular weight excluding hydrogens is 379 g/mol. The number of carbonyl (C=O) groups is 2. The Kier molecular flexibility index (Phi) is 3.94. The zero-order valence-corrected chi connectivity index (χ0v) is 14.2. The van der Waals surface area contributed by atoms with Gasteiger partial charge in [0.25, 0.3) is 5.91 Å². The lowest BCUT2D eigenvalue weighted by Gasteiger charge is -2.40. The molecule has 0 bridgehead atoms. The summed E-state index contributed by atoms with van der Waals surface area (Å²) in [5.41, 5.74) is 0.449. The molecule has 2 fully saturated rings. The van der Waals surface area contributed by atoms with E-state index in [9.17, 15) is 9.59 Å². The van der Waals surface area contributed by atoms with Crippen molar-refractivity contribution in [2.24, 2.45) is 5.92 Å². The number of imide groups is 1. The average molecular weight is 398 g/mol. The van der Waals surface area contributed by atoms with Crippen LogP contribution in [0.1, 0.15) is 38.2 Å². The highest BCUT2D eigenvalue weighted by Crippen LogP contribution is 2.40. The lowest BCUT2D eigenvalue weighted by molar-refractivity contribution is -0.128. The first-order valence-electron chi connectivity index (χ1n) is 7.39. The molecule has 112 valence electrons. The van der Waals surface area contributed by atoms with Gasteiger partial charge in [0.05, 0.1) is 0 Å². The van der Waals surface area contributed by atoms with E-state index in [0.717, 1.165) is 31.2 Å². The maximum Gasteiger partial charge on any atom is 0.325 e. The summed E-state index contributed by atoms with van der Waals surface area (Å²) in [6.07, 6.45) is 3.56. The molecule has 1 aromatic rings. The second-order valence-electron chi connectivity index (χ2n) is 6.19. The van der Waals surface area contributed by atoms with E-state index in [0.29, 0.717) is 12.5 Å². The molecule has 1 heterocycles. The van der Waals surface area contributed by atoms with Crippen LogP contribution < -0.4 is 5.32 Å². The van der Waals surface area contributed by atoms with Crippen molar-refractivity contribution < 1.29 is 9.59 Å². The van der Waals surface area contributed by atoms with Crippen molar-refractivity contribution in [1.29, 1.82) is 0 Å². The zero-order valence-electron chi connectivity index (χ0n) is 12.1. The summed E-state index contributed by atoms with van der Waals surface area (Å²) in [5, 5.41) is 2.52. The number of benzene rings is 1. The monoisotopic (exact) mass is 398 g/mol. The normalized spacial score (nSPS) is 29.0. The Bertz CT molecular complexity index is 562. The molecule has 0 atom stereocenters. The molecule has 0 aromatic heterocycles. The topological polar surface area (TPSA) is 49.4 Å². The van der Waals surface area contributed by atoms with E-state index in [2.05, 4.69) is 34.8 Å². The van der Waals surface area contributed by atoms with Crippen molar-refractivity contribution in [1.82, 2.24) is 10.2 Å². The molecule has 0 radical (unpaired) electrons. The molecular formula is C16H19IN2O2. The van der Waals surface area contributed by atoms with Crippen LogP contribution in [0.2, 0.25) is 0 Å². The summed E-state index contributed by atoms with van der Waals surface area (Å²) >= 11 is 2.26. The van der Waals surface area contributed by atoms with Crippen molar-refractivity contribution in [2.45, 2.75) is 44.7 Å². The third-order valence-electron chi connectivity index (χ3n) is 4.76. The van der Waals surface area contributed by atoms with Crippen LogP contribution in [0.25, 0.3) is 0 Å². The van der Waals surface area contributed by atoms with Crippen molar-refractivity contribution in [3.8, 4) is 0 Å². The Hall–Kier alpha value is -1.11. The molecule has 1 saturated carbocycles. The summed E-state index contributed by atoms with van der Waals surface area (Å²) in [5.74, 6) is 0.532. The highest BCUT2D eigenvalue weighted by atomic mass is 127. The Morgan fingerprint density at radius 3 is 2.48 bits per heavy atom. The highest BCUT2D eigenvalue weighted by Gasteiger charge is 2.53. The molecule has 3 amide bonds. The maximum absolute atomic E-state index is 12.3. The number of nitrogens with one attached hydrogen (secondary N) is 1. The van der Waals surface area contributed by atoms with Gasteiger partial charge < -0.3 is 4.90 Å². The summed E-state index contributed by atoms with van der Waals surface area (Å²) in [7, 11) is 0. The fourth-order valence-corrected chi connectivity index (χ4v) is 3.69. The summed E-state index contributed by atoms with van der Waals surface area (Å²) < 4.78 is 1.17. The number of nitrogens with zero attached hydrogens (tertiary/aromatic N) is 1. The molecule has 1 spiro atoms. The quantitative estimate of drug-likeness (QED) is 0.614. The molecule has 1 saturated heterocycles. The molecule has 21 heavy (non-hydrogen) atoms. The van der Waals surface area contributed by atoms with E-state index in [1.807, 2.05) is 24.3 Å². The maximum atomic E-state index is 12.3. The fourth-order valence-electron chi connectivity index (χ4n) is 3.33. The van der Waals surface area contributed by atoms with Crippen molar-refractivity contribution in [3.05, 3.63) is 33.4 Å². The van der Waals surface area contributed by atoms with Crippen LogP contribution in [-0.4, -0.2) is 22.4 Å². The van der Waals surface area contributed by atoms with E-state index < -0.39 is 5.54 Å². The minimum atomic E-state index is -0.618. The Morgan fingerprint density at radius 2 is 1.86 bits per heavy atom. The lowest BCUT2D eigenvalue weighted by Crippen LogP contribution is -2.51. The van der Waals surface area contributed by atoms with Crippen LogP contribution in [0.15, 0.2) is 24.3 Å². The van der Waals surface area contributed by atoms with Gasteiger partial charge in [0.2, 0.25) is 0 Å². The van der Waals surface area contributed by atoms with Crippen molar-refractivity contribution >= 4 is 34.5 Å². The largest absolute Gasteiger partial charge is 0.325 e. The molecule has 1 aromatic carbocycles. The highest BCUT2D eigenvalue weighted by molar-refractivity contribution is 14.1. The first-order chi connectivity index (χ1) is 10.0. The summed E-state index contributed by atoms with van der Waals surface area (Å²) in [6, 6.07) is 7.87. The number of halogens is 1. The molecule has 1 aliphatic carbocycles. The number of hydrogen-bond donors (Lipinski definition) is 1. The number of urea groups is 1. The SMILES string of the molecule is CC1CCC2(CC1)C(=O)NC(=O)N2Cc1ccc(I)cc1. The van der Waals surface area contributed by atoms with E-state index in [1.54, 1.807) is 4.90 Å². The number of hydrogen-bond acceptors (Lipinski definition) is 2. The number of amides is 3. The average Bonchev–Trinajstić information content (AvgIpc) is 2.68. The van der Waals surface area contributed by atoms with Crippen molar-refractivity contribution in [2.75, 3.05) is 0 Å². The Balaban J connectivity index is 1.85. The Labute approximate surface area is 138 Å². The van der Waals surface area contributed by atoms with Crippen molar-refractivity contribution in [3.63, 3.8) is 0 Å². The Morgan fingerprint density at radius 1 is 1.24 bits per heavy atom. The predicted molar refractivity (Wildman–Crippen MR) is 88.6 cm³/mol. The standard InChI is InChI=1S/C16H19IN2O2/c1-11-6-8-16(9-7-11)14(20)18-15(21)19(16)10-12-2-4-13(17)5-3-12/h2-5,11H,6-10H2,1H3,(H,18,20,21). The van der Waals surface area contributed by atoms with Gasteiger partial charge in [0, 0.05) is 10.1 Å². The first-order valence-corrected chi connectivity index (χ1v) is 8.47. The molecule has 1 N–H and O–H groups in total. The van der Waals surface area contributed by atoms with Gasteiger partial charge in [-0.05, 0) is 71.9 Å². The summed E-state index contributed by atoms with van der Waals surface area (Å²) in [6.45, 7) is 2.72. The van der Waals surface area contributed by atoms with Crippen LogP contribution >= 0.6 is 22.6 Å². The van der Waals surface area contributed by atoms with Gasteiger partial charge in [0.1, 0.15) is 5.54 Å². The van der Waals surface area contributed by atoms with Gasteiger partial charge in [-0.15, -0.1) is 0 Å². The van der Waals surface area contributed by atoms with E-state index >= 15 is 0 Å². The molecule has 4 nitrogen and oxygen atoms in total. The van der Waals surface area contributed by atoms with E-state index in [4.69, 9.17) is 0 Å². The zero-order chi connectivity index (χ0) is 15.0. The predicted octanol–water partition coefficient (Wildman–Crippen LogP) is 3.29. The molecule has 5 heteroatoms. The summed E-state index contributed by atoms with van der Waals surface area (Å²) in [4.78, 5) is 26.3. The van der Waals surface area contributed by atoms with Crippen LogP contribution in [-0.2, 0) is 11.3 Å². The van der Waals surface area contributed by atoms with Gasteiger partial charge in [-0.2, -0.15) is 0 Å². The second kappa shape index (κ2) is 5.59. The van der Waals surface area contributed by atoms with Gasteiger partial charge in [-0.25, -0.2) is 4.79 Å². The van der Waals surface area contributed by atoms with Gasteiger partial charge >= 0.3 is 6.03 Å². The van der Waals surface area contributed by atoms with Gasteiger partial charge in [-0.1, -0.05) is 19.1 Å². The third kappa shape index (κ3) is 2.67. The van der Waals surface area contributed by atoms with Crippen LogP contribution in [0.5, 0.6) is 0 Å². The lowest BCUT2D eigenvalue weighted by atomic mass is 9.76. The molecule has 1 aliphatic heterocycles. The molecule has 0 unspecified atom stereocenters. The second-order valence-corrected chi connectivity index (χ2v) is 7.43. The van der Waals surface area contributed by atoms with Crippen LogP contribution in [0.3, 0.4) is 0 Å². The smallest absolute Gasteiger partial charge is 0.305 e. The van der Waals surface area contributed by atoms with E-state index in [1.165, 1.54) is 3.57 Å².